The first-order valence-corrected chi connectivity index (χ1v) is 10.1. The summed E-state index contributed by atoms with van der Waals surface area (Å²) in [6, 6.07) is 29.9. The zero-order chi connectivity index (χ0) is 18.9. The quantitative estimate of drug-likeness (QED) is 0.416. The lowest BCUT2D eigenvalue weighted by Gasteiger charge is -2.39. The summed E-state index contributed by atoms with van der Waals surface area (Å²) in [6.45, 7) is 0.997. The van der Waals surface area contributed by atoms with Gasteiger partial charge in [0.25, 0.3) is 0 Å². The lowest BCUT2D eigenvalue weighted by Crippen LogP contribution is -2.36. The van der Waals surface area contributed by atoms with Crippen LogP contribution in [-0.4, -0.2) is 11.5 Å². The van der Waals surface area contributed by atoms with Crippen molar-refractivity contribution in [1.82, 2.24) is 4.98 Å². The Morgan fingerprint density at radius 3 is 2.54 bits per heavy atom. The van der Waals surface area contributed by atoms with Crippen LogP contribution in [0.5, 0.6) is 0 Å². The maximum Gasteiger partial charge on any atom is 0.0705 e. The summed E-state index contributed by atoms with van der Waals surface area (Å²) in [6.07, 6.45) is 1.94. The van der Waals surface area contributed by atoms with E-state index in [-0.39, 0.29) is 6.04 Å². The maximum atomic E-state index is 6.12. The second-order valence-electron chi connectivity index (χ2n) is 7.33. The fourth-order valence-corrected chi connectivity index (χ4v) is 4.36. The number of rotatable bonds is 3. The van der Waals surface area contributed by atoms with Crippen LogP contribution in [0.2, 0.25) is 5.02 Å². The van der Waals surface area contributed by atoms with Crippen molar-refractivity contribution in [2.45, 2.75) is 18.9 Å². The van der Waals surface area contributed by atoms with E-state index in [0.717, 1.165) is 35.6 Å². The van der Waals surface area contributed by atoms with Crippen molar-refractivity contribution in [2.24, 2.45) is 0 Å². The molecule has 1 aliphatic rings. The van der Waals surface area contributed by atoms with Gasteiger partial charge in [-0.15, -0.1) is 0 Å². The summed E-state index contributed by atoms with van der Waals surface area (Å²) < 4.78 is 0. The van der Waals surface area contributed by atoms with Gasteiger partial charge in [0, 0.05) is 34.8 Å². The molecule has 138 valence electrons. The van der Waals surface area contributed by atoms with Gasteiger partial charge in [0.2, 0.25) is 0 Å². The average molecular weight is 385 g/mol. The Bertz CT molecular complexity index is 1120. The van der Waals surface area contributed by atoms with Crippen LogP contribution >= 0.6 is 11.6 Å². The van der Waals surface area contributed by atoms with Gasteiger partial charge in [0.05, 0.1) is 11.6 Å². The van der Waals surface area contributed by atoms with Crippen molar-refractivity contribution in [3.8, 4) is 0 Å². The topological polar surface area (TPSA) is 16.1 Å². The molecule has 0 fully saturated rings. The van der Waals surface area contributed by atoms with Gasteiger partial charge in [0.1, 0.15) is 0 Å². The minimum Gasteiger partial charge on any atom is -0.364 e. The van der Waals surface area contributed by atoms with Crippen LogP contribution in [0.3, 0.4) is 0 Å². The van der Waals surface area contributed by atoms with Gasteiger partial charge in [-0.25, -0.2) is 0 Å². The molecule has 0 saturated carbocycles. The largest absolute Gasteiger partial charge is 0.364 e. The first kappa shape index (κ1) is 17.3. The summed E-state index contributed by atoms with van der Waals surface area (Å²) in [4.78, 5) is 7.43. The Morgan fingerprint density at radius 1 is 0.857 bits per heavy atom. The molecule has 3 heteroatoms. The Kier molecular flexibility index (Phi) is 4.50. The lowest BCUT2D eigenvalue weighted by molar-refractivity contribution is 0.574. The zero-order valence-corrected chi connectivity index (χ0v) is 16.3. The molecule has 1 aromatic heterocycles. The van der Waals surface area contributed by atoms with E-state index >= 15 is 0 Å². The number of para-hydroxylation sites is 1. The highest BCUT2D eigenvalue weighted by molar-refractivity contribution is 6.30. The van der Waals surface area contributed by atoms with Gasteiger partial charge in [-0.2, -0.15) is 0 Å². The molecule has 28 heavy (non-hydrogen) atoms. The molecule has 1 unspecified atom stereocenters. The van der Waals surface area contributed by atoms with E-state index in [1.807, 2.05) is 12.1 Å². The molecule has 2 nitrogen and oxygen atoms in total. The van der Waals surface area contributed by atoms with E-state index in [0.29, 0.717) is 0 Å². The first-order chi connectivity index (χ1) is 13.8. The number of hydrogen-bond donors (Lipinski definition) is 0. The van der Waals surface area contributed by atoms with E-state index in [9.17, 15) is 0 Å². The molecular weight excluding hydrogens is 364 g/mol. The molecule has 0 radical (unpaired) electrons. The summed E-state index contributed by atoms with van der Waals surface area (Å²) >= 11 is 6.12. The highest BCUT2D eigenvalue weighted by Gasteiger charge is 2.28. The zero-order valence-electron chi connectivity index (χ0n) is 15.6. The fourth-order valence-electron chi connectivity index (χ4n) is 4.23. The standard InChI is InChI=1S/C25H21ClN2/c26-20-10-13-22(14-11-20)28-16-15-18-5-1-3-7-23(18)25(28)17-21-12-9-19-6-2-4-8-24(19)27-21/h1-14,25H,15-17H2. The van der Waals surface area contributed by atoms with Gasteiger partial charge in [-0.05, 0) is 53.9 Å². The van der Waals surface area contributed by atoms with Gasteiger partial charge in [0.15, 0.2) is 0 Å². The van der Waals surface area contributed by atoms with Crippen LogP contribution in [-0.2, 0) is 12.8 Å². The summed E-state index contributed by atoms with van der Waals surface area (Å²) in [5.41, 5.74) is 6.24. The van der Waals surface area contributed by atoms with Crippen LogP contribution in [0.4, 0.5) is 5.69 Å². The summed E-state index contributed by atoms with van der Waals surface area (Å²) in [7, 11) is 0. The monoisotopic (exact) mass is 384 g/mol. The Balaban J connectivity index is 1.55. The molecule has 1 atom stereocenters. The second-order valence-corrected chi connectivity index (χ2v) is 7.77. The van der Waals surface area contributed by atoms with E-state index in [1.54, 1.807) is 0 Å². The fraction of sp³-hybridized carbons (Fsp3) is 0.160. The van der Waals surface area contributed by atoms with Gasteiger partial charge >= 0.3 is 0 Å². The Labute approximate surface area is 170 Å². The van der Waals surface area contributed by atoms with Crippen LogP contribution in [0, 0.1) is 0 Å². The smallest absolute Gasteiger partial charge is 0.0705 e. The van der Waals surface area contributed by atoms with E-state index in [4.69, 9.17) is 16.6 Å². The van der Waals surface area contributed by atoms with E-state index in [2.05, 4.69) is 77.7 Å². The third-order valence-corrected chi connectivity index (χ3v) is 5.88. The number of benzene rings is 3. The number of anilines is 1. The van der Waals surface area contributed by atoms with Crippen molar-refractivity contribution in [3.63, 3.8) is 0 Å². The SMILES string of the molecule is Clc1ccc(N2CCc3ccccc3C2Cc2ccc3ccccc3n2)cc1. The van der Waals surface area contributed by atoms with Crippen molar-refractivity contribution in [1.29, 1.82) is 0 Å². The van der Waals surface area contributed by atoms with Crippen LogP contribution in [0.25, 0.3) is 10.9 Å². The van der Waals surface area contributed by atoms with Gasteiger partial charge in [-0.3, -0.25) is 4.98 Å². The molecule has 0 bridgehead atoms. The molecule has 5 rings (SSSR count). The molecule has 0 saturated heterocycles. The van der Waals surface area contributed by atoms with Crippen LogP contribution < -0.4 is 4.90 Å². The molecule has 1 aliphatic heterocycles. The molecule has 3 aromatic carbocycles. The minimum atomic E-state index is 0.264. The molecular formula is C25H21ClN2. The van der Waals surface area contributed by atoms with Crippen molar-refractivity contribution >= 4 is 28.2 Å². The number of pyridine rings is 1. The van der Waals surface area contributed by atoms with Gasteiger partial charge in [-0.1, -0.05) is 60.1 Å². The molecule has 0 aliphatic carbocycles. The van der Waals surface area contributed by atoms with Crippen molar-refractivity contribution in [2.75, 3.05) is 11.4 Å². The van der Waals surface area contributed by atoms with E-state index < -0.39 is 0 Å². The molecule has 4 aromatic rings. The summed E-state index contributed by atoms with van der Waals surface area (Å²) in [5.74, 6) is 0. The third-order valence-electron chi connectivity index (χ3n) is 5.63. The highest BCUT2D eigenvalue weighted by atomic mass is 35.5. The van der Waals surface area contributed by atoms with Crippen LogP contribution in [0.1, 0.15) is 22.9 Å². The minimum absolute atomic E-state index is 0.264. The Morgan fingerprint density at radius 2 is 1.64 bits per heavy atom. The predicted octanol–water partition coefficient (Wildman–Crippen LogP) is 6.23. The van der Waals surface area contributed by atoms with Gasteiger partial charge < -0.3 is 4.90 Å². The number of aromatic nitrogens is 1. The first-order valence-electron chi connectivity index (χ1n) is 9.73. The maximum absolute atomic E-state index is 6.12. The van der Waals surface area contributed by atoms with Crippen molar-refractivity contribution in [3.05, 3.63) is 107 Å². The predicted molar refractivity (Wildman–Crippen MR) is 117 cm³/mol. The summed E-state index contributed by atoms with van der Waals surface area (Å²) in [5, 5.41) is 1.96. The number of halogens is 1. The number of hydrogen-bond acceptors (Lipinski definition) is 2. The van der Waals surface area contributed by atoms with Crippen LogP contribution in [0.15, 0.2) is 84.9 Å². The number of fused-ring (bicyclic) bond motifs is 2. The number of nitrogens with zero attached hydrogens (tertiary/aromatic N) is 2. The average Bonchev–Trinajstić information content (AvgIpc) is 2.75. The molecule has 0 N–H and O–H groups in total. The van der Waals surface area contributed by atoms with Crippen molar-refractivity contribution < 1.29 is 0 Å². The second kappa shape index (κ2) is 7.29. The molecule has 0 amide bonds. The highest BCUT2D eigenvalue weighted by Crippen LogP contribution is 2.36. The molecule has 2 heterocycles. The van der Waals surface area contributed by atoms with E-state index in [1.165, 1.54) is 22.2 Å². The Hall–Kier alpha value is -2.84. The lowest BCUT2D eigenvalue weighted by atomic mass is 9.89. The third kappa shape index (κ3) is 3.25. The molecule has 0 spiro atoms. The normalized spacial score (nSPS) is 16.2.